The fraction of sp³-hybridized carbons (Fsp3) is 0.222. The summed E-state index contributed by atoms with van der Waals surface area (Å²) in [7, 11) is 0. The van der Waals surface area contributed by atoms with Gasteiger partial charge in [0.1, 0.15) is 0 Å². The van der Waals surface area contributed by atoms with E-state index < -0.39 is 5.97 Å². The molecule has 0 amide bonds. The molecule has 78 valence electrons. The van der Waals surface area contributed by atoms with Crippen molar-refractivity contribution < 1.29 is 14.3 Å². The molecule has 0 spiro atoms. The SMILES string of the molecule is O=C(O)CCc1ncc(-c2cncs2)o1. The Labute approximate surface area is 89.4 Å². The minimum atomic E-state index is -0.854. The van der Waals surface area contributed by atoms with Gasteiger partial charge in [-0.05, 0) is 0 Å². The second-order valence-electron chi connectivity index (χ2n) is 2.88. The third-order valence-electron chi connectivity index (χ3n) is 1.78. The maximum Gasteiger partial charge on any atom is 0.303 e. The van der Waals surface area contributed by atoms with E-state index in [0.717, 1.165) is 4.88 Å². The van der Waals surface area contributed by atoms with Crippen molar-refractivity contribution in [1.82, 2.24) is 9.97 Å². The molecule has 0 aliphatic carbocycles. The number of aryl methyl sites for hydroxylation is 1. The molecule has 0 atom stereocenters. The van der Waals surface area contributed by atoms with Crippen LogP contribution in [0.5, 0.6) is 0 Å². The molecule has 0 aliphatic rings. The van der Waals surface area contributed by atoms with Crippen LogP contribution in [0.3, 0.4) is 0 Å². The second kappa shape index (κ2) is 4.22. The first-order chi connectivity index (χ1) is 7.25. The largest absolute Gasteiger partial charge is 0.481 e. The number of hydrogen-bond donors (Lipinski definition) is 1. The average Bonchev–Trinajstić information content (AvgIpc) is 2.85. The third-order valence-corrected chi connectivity index (χ3v) is 2.57. The van der Waals surface area contributed by atoms with Gasteiger partial charge in [0.2, 0.25) is 0 Å². The lowest BCUT2D eigenvalue weighted by Gasteiger charge is -1.90. The van der Waals surface area contributed by atoms with Crippen LogP contribution < -0.4 is 0 Å². The Hall–Kier alpha value is -1.69. The fourth-order valence-corrected chi connectivity index (χ4v) is 1.66. The molecule has 2 aromatic rings. The highest BCUT2D eigenvalue weighted by atomic mass is 32.1. The number of nitrogens with zero attached hydrogens (tertiary/aromatic N) is 2. The molecule has 0 aliphatic heterocycles. The molecule has 2 aromatic heterocycles. The van der Waals surface area contributed by atoms with Gasteiger partial charge in [0.15, 0.2) is 11.7 Å². The number of thiazole rings is 1. The first-order valence-electron chi connectivity index (χ1n) is 4.31. The zero-order valence-corrected chi connectivity index (χ0v) is 8.53. The summed E-state index contributed by atoms with van der Waals surface area (Å²) in [4.78, 5) is 19.1. The van der Waals surface area contributed by atoms with Crippen molar-refractivity contribution in [3.05, 3.63) is 23.8 Å². The molecule has 0 saturated carbocycles. The molecule has 5 nitrogen and oxygen atoms in total. The highest BCUT2D eigenvalue weighted by molar-refractivity contribution is 7.13. The smallest absolute Gasteiger partial charge is 0.303 e. The summed E-state index contributed by atoms with van der Waals surface area (Å²) in [6, 6.07) is 0. The van der Waals surface area contributed by atoms with Crippen LogP contribution >= 0.6 is 11.3 Å². The highest BCUT2D eigenvalue weighted by Gasteiger charge is 2.08. The zero-order valence-electron chi connectivity index (χ0n) is 7.71. The maximum absolute atomic E-state index is 10.3. The van der Waals surface area contributed by atoms with E-state index in [9.17, 15) is 4.79 Å². The molecular formula is C9H8N2O3S. The summed E-state index contributed by atoms with van der Waals surface area (Å²) in [5.41, 5.74) is 1.70. The molecular weight excluding hydrogens is 216 g/mol. The van der Waals surface area contributed by atoms with E-state index in [2.05, 4.69) is 9.97 Å². The number of rotatable bonds is 4. The standard InChI is InChI=1S/C9H8N2O3S/c12-9(13)2-1-8-11-3-6(14-8)7-4-10-5-15-7/h3-5H,1-2H2,(H,12,13). The van der Waals surface area contributed by atoms with Gasteiger partial charge in [0.25, 0.3) is 0 Å². The van der Waals surface area contributed by atoms with Crippen LogP contribution in [0.2, 0.25) is 0 Å². The summed E-state index contributed by atoms with van der Waals surface area (Å²) in [5, 5.41) is 8.49. The number of carboxylic acid groups (broad SMARTS) is 1. The number of carboxylic acids is 1. The quantitative estimate of drug-likeness (QED) is 0.857. The predicted octanol–water partition coefficient (Wildman–Crippen LogP) is 1.82. The van der Waals surface area contributed by atoms with Crippen molar-refractivity contribution in [3.8, 4) is 10.6 Å². The average molecular weight is 224 g/mol. The van der Waals surface area contributed by atoms with E-state index in [-0.39, 0.29) is 6.42 Å². The normalized spacial score (nSPS) is 10.4. The Morgan fingerprint density at radius 1 is 1.53 bits per heavy atom. The lowest BCUT2D eigenvalue weighted by molar-refractivity contribution is -0.137. The number of carbonyl (C=O) groups is 1. The van der Waals surface area contributed by atoms with Gasteiger partial charge in [0, 0.05) is 12.6 Å². The zero-order chi connectivity index (χ0) is 10.7. The van der Waals surface area contributed by atoms with E-state index >= 15 is 0 Å². The van der Waals surface area contributed by atoms with Crippen molar-refractivity contribution in [2.75, 3.05) is 0 Å². The Bertz CT molecular complexity index is 450. The van der Waals surface area contributed by atoms with Gasteiger partial charge in [0.05, 0.1) is 23.0 Å². The van der Waals surface area contributed by atoms with Crippen LogP contribution in [0, 0.1) is 0 Å². The molecule has 0 unspecified atom stereocenters. The van der Waals surface area contributed by atoms with Gasteiger partial charge in [-0.2, -0.15) is 0 Å². The predicted molar refractivity (Wildman–Crippen MR) is 53.6 cm³/mol. The molecule has 1 N–H and O–H groups in total. The van der Waals surface area contributed by atoms with Gasteiger partial charge in [-0.15, -0.1) is 11.3 Å². The lowest BCUT2D eigenvalue weighted by atomic mass is 10.3. The molecule has 6 heteroatoms. The van der Waals surface area contributed by atoms with Crippen molar-refractivity contribution in [2.45, 2.75) is 12.8 Å². The van der Waals surface area contributed by atoms with Gasteiger partial charge < -0.3 is 9.52 Å². The van der Waals surface area contributed by atoms with Crippen LogP contribution in [0.15, 0.2) is 22.3 Å². The maximum atomic E-state index is 10.3. The van der Waals surface area contributed by atoms with E-state index in [0.29, 0.717) is 18.1 Å². The first kappa shape index (κ1) is 9.85. The molecule has 15 heavy (non-hydrogen) atoms. The summed E-state index contributed by atoms with van der Waals surface area (Å²) in [5.74, 6) is 0.228. The van der Waals surface area contributed by atoms with Gasteiger partial charge in [-0.1, -0.05) is 0 Å². The van der Waals surface area contributed by atoms with Crippen molar-refractivity contribution in [2.24, 2.45) is 0 Å². The monoisotopic (exact) mass is 224 g/mol. The first-order valence-corrected chi connectivity index (χ1v) is 5.19. The minimum absolute atomic E-state index is 0.0304. The van der Waals surface area contributed by atoms with Crippen molar-refractivity contribution in [1.29, 1.82) is 0 Å². The van der Waals surface area contributed by atoms with Crippen LogP contribution in [-0.4, -0.2) is 21.0 Å². The van der Waals surface area contributed by atoms with Crippen LogP contribution in [-0.2, 0) is 11.2 Å². The van der Waals surface area contributed by atoms with Crippen molar-refractivity contribution in [3.63, 3.8) is 0 Å². The Balaban J connectivity index is 2.08. The van der Waals surface area contributed by atoms with E-state index in [1.54, 1.807) is 17.9 Å². The van der Waals surface area contributed by atoms with Crippen LogP contribution in [0.25, 0.3) is 10.6 Å². The number of aliphatic carboxylic acids is 1. The number of hydrogen-bond acceptors (Lipinski definition) is 5. The second-order valence-corrected chi connectivity index (χ2v) is 3.76. The van der Waals surface area contributed by atoms with E-state index in [4.69, 9.17) is 9.52 Å². The molecule has 0 saturated heterocycles. The van der Waals surface area contributed by atoms with Crippen LogP contribution in [0.4, 0.5) is 0 Å². The van der Waals surface area contributed by atoms with Gasteiger partial charge >= 0.3 is 5.97 Å². The Kier molecular flexibility index (Phi) is 2.77. The van der Waals surface area contributed by atoms with Gasteiger partial charge in [-0.3, -0.25) is 9.78 Å². The van der Waals surface area contributed by atoms with Crippen LogP contribution in [0.1, 0.15) is 12.3 Å². The summed E-state index contributed by atoms with van der Waals surface area (Å²) < 4.78 is 5.37. The highest BCUT2D eigenvalue weighted by Crippen LogP contribution is 2.23. The van der Waals surface area contributed by atoms with E-state index in [1.165, 1.54) is 11.3 Å². The topological polar surface area (TPSA) is 76.2 Å². The third kappa shape index (κ3) is 2.41. The molecule has 0 bridgehead atoms. The molecule has 2 rings (SSSR count). The molecule has 0 fully saturated rings. The Morgan fingerprint density at radius 2 is 2.40 bits per heavy atom. The fourth-order valence-electron chi connectivity index (χ4n) is 1.09. The lowest BCUT2D eigenvalue weighted by Crippen LogP contribution is -1.97. The summed E-state index contributed by atoms with van der Waals surface area (Å²) in [6.45, 7) is 0. The summed E-state index contributed by atoms with van der Waals surface area (Å²) in [6.07, 6.45) is 3.62. The van der Waals surface area contributed by atoms with Crippen molar-refractivity contribution >= 4 is 17.3 Å². The number of aromatic nitrogens is 2. The molecule has 0 radical (unpaired) electrons. The minimum Gasteiger partial charge on any atom is -0.481 e. The van der Waals surface area contributed by atoms with E-state index in [1.807, 2.05) is 0 Å². The Morgan fingerprint density at radius 3 is 3.07 bits per heavy atom. The van der Waals surface area contributed by atoms with Gasteiger partial charge in [-0.25, -0.2) is 4.98 Å². The molecule has 2 heterocycles. The number of oxazole rings is 1. The molecule has 0 aromatic carbocycles. The summed E-state index contributed by atoms with van der Waals surface area (Å²) >= 11 is 1.45.